The van der Waals surface area contributed by atoms with Crippen LogP contribution in [0, 0.1) is 34.5 Å². The van der Waals surface area contributed by atoms with Crippen molar-refractivity contribution in [2.45, 2.75) is 89.6 Å². The van der Waals surface area contributed by atoms with E-state index in [9.17, 15) is 9.59 Å². The highest BCUT2D eigenvalue weighted by Crippen LogP contribution is 2.77. The Morgan fingerprint density at radius 3 is 2.62 bits per heavy atom. The van der Waals surface area contributed by atoms with Crippen molar-refractivity contribution in [1.82, 2.24) is 0 Å². The van der Waals surface area contributed by atoms with Crippen LogP contribution in [0.3, 0.4) is 0 Å². The molecule has 0 aromatic carbocycles. The third-order valence-corrected chi connectivity index (χ3v) is 10.8. The second kappa shape index (κ2) is 6.82. The van der Waals surface area contributed by atoms with E-state index in [1.807, 2.05) is 7.11 Å². The first-order chi connectivity index (χ1) is 15.2. The number of carbonyl (C=O) groups is 2. The molecule has 6 nitrogen and oxygen atoms in total. The molecule has 0 aromatic rings. The maximum Gasteiger partial charge on any atom is 0.331 e. The Bertz CT molecular complexity index is 882. The van der Waals surface area contributed by atoms with E-state index in [1.165, 1.54) is 39.0 Å². The molecule has 176 valence electrons. The average Bonchev–Trinajstić information content (AvgIpc) is 3.29. The van der Waals surface area contributed by atoms with Gasteiger partial charge in [-0.2, -0.15) is 0 Å². The van der Waals surface area contributed by atoms with Crippen molar-refractivity contribution in [3.8, 4) is 0 Å². The molecular weight excluding hydrogens is 408 g/mol. The molecule has 1 saturated heterocycles. The van der Waals surface area contributed by atoms with Crippen molar-refractivity contribution in [2.75, 3.05) is 13.7 Å². The van der Waals surface area contributed by atoms with Gasteiger partial charge in [0, 0.05) is 31.4 Å². The van der Waals surface area contributed by atoms with E-state index in [-0.39, 0.29) is 41.1 Å². The Morgan fingerprint density at radius 2 is 1.94 bits per heavy atom. The minimum atomic E-state index is -0.327. The quantitative estimate of drug-likeness (QED) is 0.487. The molecule has 6 rings (SSSR count). The molecule has 6 heteroatoms. The Kier molecular flexibility index (Phi) is 4.51. The number of epoxide rings is 1. The number of ether oxygens (including phenoxy) is 4. The highest BCUT2D eigenvalue weighted by atomic mass is 16.7. The standard InChI is InChI=1S/C26H36O6/c1-14(27)31-22-21(15-11-20(28)30-13-15)25(3)10-8-18-19(26(25)23(22)32-26)6-5-16-12-17(29-4)7-9-24(16,18)2/h11,16-19,21-23H,5-10,12-13H2,1-4H3/t16-,17-,18-,19+,21-,22+,23-,24-,25+,26-/m0/s1. The lowest BCUT2D eigenvalue weighted by atomic mass is 9.44. The molecule has 0 amide bonds. The Hall–Kier alpha value is -1.40. The van der Waals surface area contributed by atoms with Gasteiger partial charge in [0.05, 0.1) is 6.10 Å². The molecule has 4 saturated carbocycles. The minimum absolute atomic E-state index is 0.00712. The monoisotopic (exact) mass is 444 g/mol. The van der Waals surface area contributed by atoms with E-state index < -0.39 is 0 Å². The van der Waals surface area contributed by atoms with E-state index in [1.54, 1.807) is 6.08 Å². The lowest BCUT2D eigenvalue weighted by Crippen LogP contribution is -2.58. The second-order valence-electron chi connectivity index (χ2n) is 11.8. The van der Waals surface area contributed by atoms with Crippen molar-refractivity contribution in [1.29, 1.82) is 0 Å². The van der Waals surface area contributed by atoms with E-state index in [0.29, 0.717) is 35.9 Å². The zero-order valence-corrected chi connectivity index (χ0v) is 19.7. The lowest BCUT2D eigenvalue weighted by Gasteiger charge is -2.61. The molecule has 0 N–H and O–H groups in total. The number of cyclic esters (lactones) is 1. The van der Waals surface area contributed by atoms with Gasteiger partial charge in [0.2, 0.25) is 0 Å². The van der Waals surface area contributed by atoms with Gasteiger partial charge in [-0.3, -0.25) is 4.79 Å². The SMILES string of the molecule is CO[C@H]1CC[C@@]2(C)[C@@H](CC[C@@H]3[C@@H]2CC[C@]2(C)[C@@H](C4=CC(=O)OC4)[C@@H](OC(C)=O)[C@@H]4O[C@@]342)C1. The Balaban J connectivity index is 1.37. The molecule has 2 heterocycles. The second-order valence-corrected chi connectivity index (χ2v) is 11.8. The topological polar surface area (TPSA) is 74.4 Å². The Labute approximate surface area is 190 Å². The van der Waals surface area contributed by atoms with Crippen LogP contribution in [0.1, 0.15) is 65.7 Å². The van der Waals surface area contributed by atoms with Crippen LogP contribution >= 0.6 is 0 Å². The first-order valence-corrected chi connectivity index (χ1v) is 12.5. The van der Waals surface area contributed by atoms with Crippen LogP contribution in [0.2, 0.25) is 0 Å². The maximum atomic E-state index is 12.1. The van der Waals surface area contributed by atoms with Gasteiger partial charge in [-0.1, -0.05) is 13.8 Å². The summed E-state index contributed by atoms with van der Waals surface area (Å²) in [4.78, 5) is 24.0. The zero-order chi connectivity index (χ0) is 22.5. The molecule has 0 bridgehead atoms. The van der Waals surface area contributed by atoms with Crippen LogP contribution in [0.15, 0.2) is 11.6 Å². The smallest absolute Gasteiger partial charge is 0.331 e. The molecule has 10 atom stereocenters. The van der Waals surface area contributed by atoms with Gasteiger partial charge in [0.1, 0.15) is 24.4 Å². The van der Waals surface area contributed by atoms with Gasteiger partial charge in [-0.05, 0) is 73.7 Å². The molecule has 0 radical (unpaired) electrons. The first kappa shape index (κ1) is 21.2. The fourth-order valence-corrected chi connectivity index (χ4v) is 9.38. The fourth-order valence-electron chi connectivity index (χ4n) is 9.38. The van der Waals surface area contributed by atoms with Crippen molar-refractivity contribution in [3.05, 3.63) is 11.6 Å². The molecule has 4 aliphatic carbocycles. The van der Waals surface area contributed by atoms with Crippen molar-refractivity contribution < 1.29 is 28.5 Å². The summed E-state index contributed by atoms with van der Waals surface area (Å²) in [5, 5.41) is 0. The summed E-state index contributed by atoms with van der Waals surface area (Å²) in [5.74, 6) is 1.26. The maximum absolute atomic E-state index is 12.1. The lowest BCUT2D eigenvalue weighted by molar-refractivity contribution is -0.163. The Morgan fingerprint density at radius 1 is 1.12 bits per heavy atom. The van der Waals surface area contributed by atoms with Crippen molar-refractivity contribution in [3.63, 3.8) is 0 Å². The van der Waals surface area contributed by atoms with Gasteiger partial charge in [-0.15, -0.1) is 0 Å². The number of rotatable bonds is 3. The number of fused-ring (bicyclic) bond motifs is 3. The van der Waals surface area contributed by atoms with Crippen LogP contribution in [0.4, 0.5) is 0 Å². The highest BCUT2D eigenvalue weighted by Gasteiger charge is 2.85. The molecule has 0 aromatic heterocycles. The predicted octanol–water partition coefficient (Wildman–Crippen LogP) is 3.82. The van der Waals surface area contributed by atoms with E-state index in [4.69, 9.17) is 18.9 Å². The number of hydrogen-bond donors (Lipinski definition) is 0. The summed E-state index contributed by atoms with van der Waals surface area (Å²) in [6.45, 7) is 6.65. The first-order valence-electron chi connectivity index (χ1n) is 12.5. The van der Waals surface area contributed by atoms with Gasteiger partial charge in [0.25, 0.3) is 0 Å². The van der Waals surface area contributed by atoms with E-state index in [2.05, 4.69) is 13.8 Å². The summed E-state index contributed by atoms with van der Waals surface area (Å²) in [7, 11) is 1.85. The van der Waals surface area contributed by atoms with Gasteiger partial charge in [0.15, 0.2) is 0 Å². The molecule has 6 aliphatic rings. The molecule has 32 heavy (non-hydrogen) atoms. The van der Waals surface area contributed by atoms with Crippen LogP contribution < -0.4 is 0 Å². The third-order valence-electron chi connectivity index (χ3n) is 10.8. The zero-order valence-electron chi connectivity index (χ0n) is 19.7. The summed E-state index contributed by atoms with van der Waals surface area (Å²) < 4.78 is 23.6. The van der Waals surface area contributed by atoms with Crippen LogP contribution in [-0.2, 0) is 28.5 Å². The molecule has 1 spiro atoms. The number of methoxy groups -OCH3 is 1. The molecular formula is C26H36O6. The largest absolute Gasteiger partial charge is 0.459 e. The van der Waals surface area contributed by atoms with Gasteiger partial charge >= 0.3 is 11.9 Å². The summed E-state index contributed by atoms with van der Waals surface area (Å²) in [5.41, 5.74) is 0.911. The molecule has 0 unspecified atom stereocenters. The highest BCUT2D eigenvalue weighted by molar-refractivity contribution is 5.85. The van der Waals surface area contributed by atoms with Crippen LogP contribution in [0.5, 0.6) is 0 Å². The fraction of sp³-hybridized carbons (Fsp3) is 0.846. The number of hydrogen-bond acceptors (Lipinski definition) is 6. The van der Waals surface area contributed by atoms with E-state index >= 15 is 0 Å². The summed E-state index contributed by atoms with van der Waals surface area (Å²) >= 11 is 0. The normalized spacial score (nSPS) is 53.3. The molecule has 5 fully saturated rings. The predicted molar refractivity (Wildman–Crippen MR) is 115 cm³/mol. The van der Waals surface area contributed by atoms with Crippen molar-refractivity contribution >= 4 is 11.9 Å². The summed E-state index contributed by atoms with van der Waals surface area (Å²) in [6, 6.07) is 0. The molecule has 2 aliphatic heterocycles. The van der Waals surface area contributed by atoms with Gasteiger partial charge in [-0.25, -0.2) is 4.79 Å². The number of esters is 2. The third kappa shape index (κ3) is 2.54. The van der Waals surface area contributed by atoms with Gasteiger partial charge < -0.3 is 18.9 Å². The average molecular weight is 445 g/mol. The van der Waals surface area contributed by atoms with E-state index in [0.717, 1.165) is 18.4 Å². The number of carbonyl (C=O) groups excluding carboxylic acids is 2. The van der Waals surface area contributed by atoms with Crippen LogP contribution in [0.25, 0.3) is 0 Å². The minimum Gasteiger partial charge on any atom is -0.459 e. The summed E-state index contributed by atoms with van der Waals surface area (Å²) in [6.07, 6.45) is 9.79. The van der Waals surface area contributed by atoms with Crippen molar-refractivity contribution in [2.24, 2.45) is 34.5 Å². The van der Waals surface area contributed by atoms with Crippen LogP contribution in [-0.4, -0.2) is 49.6 Å².